The van der Waals surface area contributed by atoms with Crippen LogP contribution in [0.4, 0.5) is 0 Å². The van der Waals surface area contributed by atoms with E-state index in [1.54, 1.807) is 0 Å². The molecule has 0 aromatic heterocycles. The number of likely N-dealkylation sites (tertiary alicyclic amines) is 1. The zero-order valence-corrected chi connectivity index (χ0v) is 17.8. The van der Waals surface area contributed by atoms with Crippen molar-refractivity contribution in [3.8, 4) is 5.75 Å². The second-order valence-corrected chi connectivity index (χ2v) is 8.10. The van der Waals surface area contributed by atoms with Crippen molar-refractivity contribution in [1.82, 2.24) is 4.90 Å². The molecule has 4 rings (SSSR count). The Balaban J connectivity index is 1.30. The van der Waals surface area contributed by atoms with Crippen LogP contribution in [0.25, 0.3) is 0 Å². The van der Waals surface area contributed by atoms with E-state index in [0.29, 0.717) is 38.1 Å². The summed E-state index contributed by atoms with van der Waals surface area (Å²) in [6, 6.07) is 25.0. The number of amides is 1. The predicted molar refractivity (Wildman–Crippen MR) is 121 cm³/mol. The third-order valence-corrected chi connectivity index (χ3v) is 5.84. The summed E-state index contributed by atoms with van der Waals surface area (Å²) in [5, 5.41) is 0. The van der Waals surface area contributed by atoms with Gasteiger partial charge in [0, 0.05) is 30.1 Å². The van der Waals surface area contributed by atoms with E-state index >= 15 is 0 Å². The second-order valence-electron chi connectivity index (χ2n) is 8.10. The number of carbonyl (C=O) groups excluding carboxylic acids is 2. The highest BCUT2D eigenvalue weighted by atomic mass is 16.5. The van der Waals surface area contributed by atoms with Gasteiger partial charge in [-0.1, -0.05) is 60.2 Å². The van der Waals surface area contributed by atoms with Gasteiger partial charge in [0.05, 0.1) is 0 Å². The first-order chi connectivity index (χ1) is 15.1. The van der Waals surface area contributed by atoms with Gasteiger partial charge in [-0.3, -0.25) is 9.59 Å². The van der Waals surface area contributed by atoms with E-state index in [-0.39, 0.29) is 17.6 Å². The largest absolute Gasteiger partial charge is 0.489 e. The van der Waals surface area contributed by atoms with Crippen molar-refractivity contribution in [3.63, 3.8) is 0 Å². The quantitative estimate of drug-likeness (QED) is 0.515. The molecule has 0 bridgehead atoms. The predicted octanol–water partition coefficient (Wildman–Crippen LogP) is 5.31. The highest BCUT2D eigenvalue weighted by Crippen LogP contribution is 2.23. The fraction of sp³-hybridized carbons (Fsp3) is 0.259. The van der Waals surface area contributed by atoms with Crippen molar-refractivity contribution in [3.05, 3.63) is 101 Å². The number of para-hydroxylation sites is 1. The minimum absolute atomic E-state index is 0.00994. The number of ether oxygens (including phenoxy) is 1. The number of hydrogen-bond donors (Lipinski definition) is 0. The lowest BCUT2D eigenvalue weighted by molar-refractivity contribution is 0.0650. The molecule has 3 aromatic rings. The van der Waals surface area contributed by atoms with E-state index in [1.807, 2.05) is 90.7 Å². The van der Waals surface area contributed by atoms with Crippen molar-refractivity contribution in [2.24, 2.45) is 5.92 Å². The zero-order valence-electron chi connectivity index (χ0n) is 17.8. The average molecular weight is 414 g/mol. The van der Waals surface area contributed by atoms with Gasteiger partial charge < -0.3 is 9.64 Å². The first-order valence-corrected chi connectivity index (χ1v) is 10.8. The van der Waals surface area contributed by atoms with Gasteiger partial charge in [0.1, 0.15) is 12.4 Å². The third kappa shape index (κ3) is 5.21. The number of nitrogens with zero attached hydrogens (tertiary/aromatic N) is 1. The highest BCUT2D eigenvalue weighted by molar-refractivity contribution is 5.98. The Labute approximate surface area is 183 Å². The Morgan fingerprint density at radius 3 is 2.10 bits per heavy atom. The maximum Gasteiger partial charge on any atom is 0.253 e. The SMILES string of the molecule is Cc1ccc(C(=O)C2CCN(C(=O)c3ccc(COc4ccccc4)cc3)CC2)cc1. The summed E-state index contributed by atoms with van der Waals surface area (Å²) in [5.41, 5.74) is 3.60. The standard InChI is InChI=1S/C27H27NO3/c1-20-7-11-22(12-8-20)26(29)23-15-17-28(18-16-23)27(30)24-13-9-21(10-14-24)19-31-25-5-3-2-4-6-25/h2-14,23H,15-19H2,1H3. The molecular weight excluding hydrogens is 386 g/mol. The molecule has 1 amide bonds. The van der Waals surface area contributed by atoms with Crippen LogP contribution < -0.4 is 4.74 Å². The van der Waals surface area contributed by atoms with Crippen molar-refractivity contribution >= 4 is 11.7 Å². The number of Topliss-reactive ketones (excluding diaryl/α,β-unsaturated/α-hetero) is 1. The van der Waals surface area contributed by atoms with Crippen molar-refractivity contribution in [2.75, 3.05) is 13.1 Å². The van der Waals surface area contributed by atoms with Gasteiger partial charge in [0.25, 0.3) is 5.91 Å². The minimum atomic E-state index is -0.00994. The monoisotopic (exact) mass is 413 g/mol. The molecule has 1 saturated heterocycles. The molecule has 0 N–H and O–H groups in total. The summed E-state index contributed by atoms with van der Waals surface area (Å²) in [7, 11) is 0. The molecule has 0 aliphatic carbocycles. The van der Waals surface area contributed by atoms with Gasteiger partial charge in [0.2, 0.25) is 0 Å². The van der Waals surface area contributed by atoms with Crippen LogP contribution in [0.5, 0.6) is 5.75 Å². The topological polar surface area (TPSA) is 46.6 Å². The second kappa shape index (κ2) is 9.61. The fourth-order valence-electron chi connectivity index (χ4n) is 3.91. The highest BCUT2D eigenvalue weighted by Gasteiger charge is 2.28. The van der Waals surface area contributed by atoms with E-state index in [4.69, 9.17) is 4.74 Å². The van der Waals surface area contributed by atoms with E-state index in [9.17, 15) is 9.59 Å². The molecule has 0 radical (unpaired) electrons. The first-order valence-electron chi connectivity index (χ1n) is 10.8. The van der Waals surface area contributed by atoms with Crippen LogP contribution in [0.3, 0.4) is 0 Å². The van der Waals surface area contributed by atoms with Gasteiger partial charge in [-0.05, 0) is 49.6 Å². The van der Waals surface area contributed by atoms with E-state index < -0.39 is 0 Å². The Kier molecular flexibility index (Phi) is 6.46. The van der Waals surface area contributed by atoms with E-state index in [1.165, 1.54) is 0 Å². The van der Waals surface area contributed by atoms with Crippen LogP contribution in [0.15, 0.2) is 78.9 Å². The lowest BCUT2D eigenvalue weighted by Gasteiger charge is -2.31. The van der Waals surface area contributed by atoms with Crippen LogP contribution in [0, 0.1) is 12.8 Å². The number of piperidine rings is 1. The normalized spacial score (nSPS) is 14.3. The maximum absolute atomic E-state index is 12.9. The van der Waals surface area contributed by atoms with Gasteiger partial charge in [-0.25, -0.2) is 0 Å². The van der Waals surface area contributed by atoms with E-state index in [0.717, 1.165) is 22.4 Å². The number of rotatable bonds is 6. The lowest BCUT2D eigenvalue weighted by Crippen LogP contribution is -2.40. The van der Waals surface area contributed by atoms with Gasteiger partial charge >= 0.3 is 0 Å². The third-order valence-electron chi connectivity index (χ3n) is 5.84. The smallest absolute Gasteiger partial charge is 0.253 e. The number of ketones is 1. The van der Waals surface area contributed by atoms with Crippen LogP contribution in [0.2, 0.25) is 0 Å². The molecule has 0 atom stereocenters. The molecule has 0 saturated carbocycles. The van der Waals surface area contributed by atoms with Gasteiger partial charge in [-0.2, -0.15) is 0 Å². The van der Waals surface area contributed by atoms with Crippen molar-refractivity contribution < 1.29 is 14.3 Å². The average Bonchev–Trinajstić information content (AvgIpc) is 2.83. The Morgan fingerprint density at radius 2 is 1.45 bits per heavy atom. The molecular formula is C27H27NO3. The summed E-state index contributed by atoms with van der Waals surface area (Å²) in [5.74, 6) is 1.03. The molecule has 1 aliphatic heterocycles. The summed E-state index contributed by atoms with van der Waals surface area (Å²) < 4.78 is 5.76. The molecule has 0 unspecified atom stereocenters. The van der Waals surface area contributed by atoms with E-state index in [2.05, 4.69) is 0 Å². The van der Waals surface area contributed by atoms with Gasteiger partial charge in [-0.15, -0.1) is 0 Å². The summed E-state index contributed by atoms with van der Waals surface area (Å²) in [6.45, 7) is 3.70. The summed E-state index contributed by atoms with van der Waals surface area (Å²) >= 11 is 0. The number of hydrogen-bond acceptors (Lipinski definition) is 3. The number of benzene rings is 3. The van der Waals surface area contributed by atoms with Crippen molar-refractivity contribution in [1.29, 1.82) is 0 Å². The molecule has 158 valence electrons. The molecule has 31 heavy (non-hydrogen) atoms. The Bertz CT molecular complexity index is 1020. The molecule has 4 heteroatoms. The van der Waals surface area contributed by atoms with Crippen LogP contribution in [-0.2, 0) is 6.61 Å². The summed E-state index contributed by atoms with van der Waals surface area (Å²) in [6.07, 6.45) is 1.42. The minimum Gasteiger partial charge on any atom is -0.489 e. The first kappa shape index (κ1) is 20.9. The number of carbonyl (C=O) groups is 2. The molecule has 4 nitrogen and oxygen atoms in total. The van der Waals surface area contributed by atoms with Crippen molar-refractivity contribution in [2.45, 2.75) is 26.4 Å². The molecule has 1 aliphatic rings. The number of aryl methyl sites for hydroxylation is 1. The maximum atomic E-state index is 12.9. The zero-order chi connectivity index (χ0) is 21.6. The van der Waals surface area contributed by atoms with Crippen LogP contribution in [0.1, 0.15) is 44.7 Å². The molecule has 3 aromatic carbocycles. The van der Waals surface area contributed by atoms with Crippen LogP contribution in [-0.4, -0.2) is 29.7 Å². The Hall–Kier alpha value is -3.40. The molecule has 1 fully saturated rings. The molecule has 0 spiro atoms. The van der Waals surface area contributed by atoms with Crippen LogP contribution >= 0.6 is 0 Å². The lowest BCUT2D eigenvalue weighted by atomic mass is 9.88. The molecule has 1 heterocycles. The Morgan fingerprint density at radius 1 is 0.839 bits per heavy atom. The summed E-state index contributed by atoms with van der Waals surface area (Å²) in [4.78, 5) is 27.5. The van der Waals surface area contributed by atoms with Gasteiger partial charge in [0.15, 0.2) is 5.78 Å². The fourth-order valence-corrected chi connectivity index (χ4v) is 3.91.